The van der Waals surface area contributed by atoms with Crippen LogP contribution in [0.2, 0.25) is 0 Å². The van der Waals surface area contributed by atoms with Crippen molar-refractivity contribution < 1.29 is 13.9 Å². The topological polar surface area (TPSA) is 60.4 Å². The van der Waals surface area contributed by atoms with Gasteiger partial charge in [0.1, 0.15) is 0 Å². The van der Waals surface area contributed by atoms with Crippen molar-refractivity contribution in [3.05, 3.63) is 58.5 Å². The second-order valence-electron chi connectivity index (χ2n) is 5.24. The maximum Gasteiger partial charge on any atom is 0.0682 e. The van der Waals surface area contributed by atoms with E-state index < -0.39 is 11.1 Å². The number of rotatable bonds is 4. The molecule has 0 spiro atoms. The minimum Gasteiger partial charge on any atom is -0.772 e. The van der Waals surface area contributed by atoms with Crippen LogP contribution in [0.15, 0.2) is 41.8 Å². The highest BCUT2D eigenvalue weighted by molar-refractivity contribution is 7.78. The summed E-state index contributed by atoms with van der Waals surface area (Å²) in [4.78, 5) is 0. The first-order chi connectivity index (χ1) is 10.6. The van der Waals surface area contributed by atoms with Crippen LogP contribution >= 0.6 is 11.3 Å². The van der Waals surface area contributed by atoms with Crippen LogP contribution in [0.1, 0.15) is 16.7 Å². The minimum absolute atomic E-state index is 0.0263. The summed E-state index contributed by atoms with van der Waals surface area (Å²) in [6.45, 7) is 2.02. The summed E-state index contributed by atoms with van der Waals surface area (Å²) >= 11 is -0.399. The fraction of sp³-hybridized carbons (Fsp3) is 0.176. The zero-order chi connectivity index (χ0) is 15.7. The fourth-order valence-electron chi connectivity index (χ4n) is 2.64. The Hall–Kier alpha value is -1.53. The largest absolute Gasteiger partial charge is 0.772 e. The molecule has 0 saturated carbocycles. The van der Waals surface area contributed by atoms with Gasteiger partial charge in [0.05, 0.1) is 6.61 Å². The van der Waals surface area contributed by atoms with Crippen LogP contribution in [0, 0.1) is 6.92 Å². The Kier molecular flexibility index (Phi) is 4.40. The third kappa shape index (κ3) is 2.98. The molecule has 0 amide bonds. The summed E-state index contributed by atoms with van der Waals surface area (Å²) in [5.41, 5.74) is 4.97. The number of hydrogen-bond donors (Lipinski definition) is 1. The van der Waals surface area contributed by atoms with E-state index in [4.69, 9.17) is 0 Å². The van der Waals surface area contributed by atoms with Crippen molar-refractivity contribution in [1.29, 1.82) is 0 Å². The average molecular weight is 331 g/mol. The second-order valence-corrected chi connectivity index (χ2v) is 7.04. The first-order valence-electron chi connectivity index (χ1n) is 6.85. The van der Waals surface area contributed by atoms with E-state index in [9.17, 15) is 13.9 Å². The average Bonchev–Trinajstić information content (AvgIpc) is 2.89. The van der Waals surface area contributed by atoms with E-state index in [1.165, 1.54) is 4.70 Å². The van der Waals surface area contributed by atoms with Crippen LogP contribution in [-0.2, 0) is 23.4 Å². The van der Waals surface area contributed by atoms with Crippen LogP contribution in [-0.4, -0.2) is 13.9 Å². The molecule has 1 unspecified atom stereocenters. The van der Waals surface area contributed by atoms with E-state index in [-0.39, 0.29) is 12.4 Å². The maximum absolute atomic E-state index is 10.8. The second kappa shape index (κ2) is 6.30. The van der Waals surface area contributed by atoms with Gasteiger partial charge in [-0.25, -0.2) is 0 Å². The van der Waals surface area contributed by atoms with Crippen LogP contribution in [0.5, 0.6) is 0 Å². The molecule has 0 fully saturated rings. The van der Waals surface area contributed by atoms with E-state index in [0.29, 0.717) is 0 Å². The molecule has 3 aromatic rings. The molecular weight excluding hydrogens is 316 g/mol. The molecule has 1 heterocycles. The molecule has 0 saturated heterocycles. The molecule has 0 aliphatic rings. The summed E-state index contributed by atoms with van der Waals surface area (Å²) in [6, 6.07) is 11.7. The Morgan fingerprint density at radius 3 is 2.59 bits per heavy atom. The maximum atomic E-state index is 10.8. The van der Waals surface area contributed by atoms with E-state index in [1.54, 1.807) is 11.3 Å². The summed E-state index contributed by atoms with van der Waals surface area (Å²) < 4.78 is 22.8. The molecule has 3 rings (SSSR count). The molecule has 0 aliphatic heterocycles. The van der Waals surface area contributed by atoms with Crippen molar-refractivity contribution in [2.75, 3.05) is 0 Å². The molecule has 3 nitrogen and oxygen atoms in total. The fourth-order valence-corrected chi connectivity index (χ4v) is 4.03. The lowest BCUT2D eigenvalue weighted by Gasteiger charge is -2.10. The summed E-state index contributed by atoms with van der Waals surface area (Å²) in [6.07, 6.45) is 0. The van der Waals surface area contributed by atoms with Gasteiger partial charge in [-0.05, 0) is 46.7 Å². The first kappa shape index (κ1) is 15.4. The van der Waals surface area contributed by atoms with Crippen molar-refractivity contribution in [3.63, 3.8) is 0 Å². The highest BCUT2D eigenvalue weighted by Gasteiger charge is 2.10. The molecule has 0 bridgehead atoms. The van der Waals surface area contributed by atoms with Gasteiger partial charge < -0.3 is 9.66 Å². The number of aryl methyl sites for hydroxylation is 1. The summed E-state index contributed by atoms with van der Waals surface area (Å²) in [7, 11) is 0. The van der Waals surface area contributed by atoms with Crippen molar-refractivity contribution in [2.24, 2.45) is 0 Å². The molecule has 1 N–H and O–H groups in total. The van der Waals surface area contributed by atoms with Crippen molar-refractivity contribution in [3.8, 4) is 11.1 Å². The van der Waals surface area contributed by atoms with Crippen LogP contribution in [0.25, 0.3) is 21.2 Å². The number of aliphatic hydroxyl groups is 1. The molecule has 1 aromatic heterocycles. The number of hydrogen-bond acceptors (Lipinski definition) is 4. The lowest BCUT2D eigenvalue weighted by molar-refractivity contribution is 0.282. The van der Waals surface area contributed by atoms with E-state index >= 15 is 0 Å². The Morgan fingerprint density at radius 2 is 1.91 bits per heavy atom. The highest BCUT2D eigenvalue weighted by Crippen LogP contribution is 2.36. The minimum atomic E-state index is -2.07. The Bertz CT molecular complexity index is 852. The zero-order valence-corrected chi connectivity index (χ0v) is 13.7. The van der Waals surface area contributed by atoms with Crippen LogP contribution in [0.3, 0.4) is 0 Å². The third-order valence-electron chi connectivity index (χ3n) is 3.69. The number of thiophene rings is 1. The highest BCUT2D eigenvalue weighted by atomic mass is 32.2. The first-order valence-corrected chi connectivity index (χ1v) is 8.97. The molecule has 5 heteroatoms. The van der Waals surface area contributed by atoms with E-state index in [2.05, 4.69) is 5.38 Å². The zero-order valence-electron chi connectivity index (χ0n) is 12.0. The lowest BCUT2D eigenvalue weighted by atomic mass is 9.97. The Morgan fingerprint density at radius 1 is 1.14 bits per heavy atom. The monoisotopic (exact) mass is 331 g/mol. The standard InChI is InChI=1S/C17H16O3S2/c1-11-6-13(10-22(19)20)2-4-14(11)16-9-21-17-5-3-12(8-18)7-15(16)17/h2-7,9,18H,8,10H2,1H3,(H,19,20)/p-1. The molecule has 0 aliphatic carbocycles. The molecule has 22 heavy (non-hydrogen) atoms. The van der Waals surface area contributed by atoms with Gasteiger partial charge in [-0.1, -0.05) is 35.3 Å². The van der Waals surface area contributed by atoms with Gasteiger partial charge in [-0.15, -0.1) is 11.3 Å². The molecule has 114 valence electrons. The SMILES string of the molecule is Cc1cc(CS(=O)[O-])ccc1-c1csc2ccc(CO)cc12. The predicted molar refractivity (Wildman–Crippen MR) is 90.5 cm³/mol. The van der Waals surface area contributed by atoms with Crippen LogP contribution in [0.4, 0.5) is 0 Å². The number of benzene rings is 2. The third-order valence-corrected chi connectivity index (χ3v) is 5.22. The molecule has 2 aromatic carbocycles. The van der Waals surface area contributed by atoms with Gasteiger partial charge in [0.2, 0.25) is 0 Å². The van der Waals surface area contributed by atoms with E-state index in [0.717, 1.165) is 33.2 Å². The van der Waals surface area contributed by atoms with Gasteiger partial charge in [-0.3, -0.25) is 4.21 Å². The quantitative estimate of drug-likeness (QED) is 0.741. The van der Waals surface area contributed by atoms with Crippen LogP contribution < -0.4 is 0 Å². The van der Waals surface area contributed by atoms with Gasteiger partial charge >= 0.3 is 0 Å². The van der Waals surface area contributed by atoms with Gasteiger partial charge in [0.15, 0.2) is 0 Å². The van der Waals surface area contributed by atoms with E-state index in [1.807, 2.05) is 43.3 Å². The van der Waals surface area contributed by atoms with Crippen molar-refractivity contribution in [1.82, 2.24) is 0 Å². The van der Waals surface area contributed by atoms with Gasteiger partial charge in [-0.2, -0.15) is 0 Å². The Balaban J connectivity index is 2.09. The molecular formula is C17H15O3S2-. The van der Waals surface area contributed by atoms with Crippen molar-refractivity contribution in [2.45, 2.75) is 19.3 Å². The predicted octanol–water partition coefficient (Wildman–Crippen LogP) is 3.75. The van der Waals surface area contributed by atoms with Gasteiger partial charge in [0.25, 0.3) is 0 Å². The summed E-state index contributed by atoms with van der Waals surface area (Å²) in [5.74, 6) is 0.0418. The lowest BCUT2D eigenvalue weighted by Crippen LogP contribution is -1.94. The Labute approximate surface area is 135 Å². The summed E-state index contributed by atoms with van der Waals surface area (Å²) in [5, 5.41) is 12.6. The number of fused-ring (bicyclic) bond motifs is 1. The van der Waals surface area contributed by atoms with Gasteiger partial charge in [0, 0.05) is 21.4 Å². The smallest absolute Gasteiger partial charge is 0.0682 e. The number of aliphatic hydroxyl groups excluding tert-OH is 1. The molecule has 0 radical (unpaired) electrons. The van der Waals surface area contributed by atoms with Crippen molar-refractivity contribution >= 4 is 32.5 Å². The molecule has 1 atom stereocenters. The normalized spacial score (nSPS) is 12.7.